The number of benzene rings is 4. The van der Waals surface area contributed by atoms with Crippen molar-refractivity contribution in [2.24, 2.45) is 0 Å². The molecule has 2 unspecified atom stereocenters. The second-order valence-corrected chi connectivity index (χ2v) is 15.4. The summed E-state index contributed by atoms with van der Waals surface area (Å²) in [5, 5.41) is 0. The largest absolute Gasteiger partial charge is 1.00 e. The molecule has 0 fully saturated rings. The summed E-state index contributed by atoms with van der Waals surface area (Å²) in [6.07, 6.45) is 1.03. The molecule has 0 amide bonds. The van der Waals surface area contributed by atoms with Crippen molar-refractivity contribution in [2.75, 3.05) is 0 Å². The van der Waals surface area contributed by atoms with E-state index in [1.807, 2.05) is 30.3 Å². The molecular formula is C43H48Cl2Zr-2. The van der Waals surface area contributed by atoms with Crippen molar-refractivity contribution < 1.29 is 49.0 Å². The van der Waals surface area contributed by atoms with Crippen LogP contribution in [0.25, 0.3) is 11.1 Å². The molecule has 1 aliphatic rings. The second-order valence-electron chi connectivity index (χ2n) is 14.0. The van der Waals surface area contributed by atoms with E-state index in [2.05, 4.69) is 152 Å². The molecule has 0 aliphatic heterocycles. The molecule has 1 aliphatic carbocycles. The van der Waals surface area contributed by atoms with Gasteiger partial charge in [-0.3, -0.25) is 0 Å². The fraction of sp³-hybridized carbons (Fsp3) is 0.302. The van der Waals surface area contributed by atoms with E-state index >= 15 is 0 Å². The van der Waals surface area contributed by atoms with Crippen molar-refractivity contribution in [2.45, 2.75) is 84.5 Å². The molecule has 0 bridgehead atoms. The van der Waals surface area contributed by atoms with Gasteiger partial charge in [0.1, 0.15) is 0 Å². The monoisotopic (exact) mass is 724 g/mol. The van der Waals surface area contributed by atoms with Gasteiger partial charge in [-0.1, -0.05) is 65.3 Å². The quantitative estimate of drug-likeness (QED) is 0.214. The summed E-state index contributed by atoms with van der Waals surface area (Å²) in [6.45, 7) is 18.2. The third kappa shape index (κ3) is 10.5. The Balaban J connectivity index is 0.000000270. The van der Waals surface area contributed by atoms with Crippen molar-refractivity contribution in [3.63, 3.8) is 0 Å². The van der Waals surface area contributed by atoms with Gasteiger partial charge in [0.25, 0.3) is 0 Å². The van der Waals surface area contributed by atoms with Crippen LogP contribution in [-0.4, -0.2) is 3.21 Å². The maximum atomic E-state index is 3.67. The van der Waals surface area contributed by atoms with E-state index in [0.717, 1.165) is 6.42 Å². The van der Waals surface area contributed by atoms with Crippen LogP contribution in [0.5, 0.6) is 0 Å². The van der Waals surface area contributed by atoms with Crippen LogP contribution in [0, 0.1) is 6.07 Å². The van der Waals surface area contributed by atoms with Gasteiger partial charge < -0.3 is 24.8 Å². The zero-order chi connectivity index (χ0) is 31.9. The fourth-order valence-electron chi connectivity index (χ4n) is 5.57. The van der Waals surface area contributed by atoms with Crippen LogP contribution in [0.1, 0.15) is 101 Å². The van der Waals surface area contributed by atoms with Crippen LogP contribution >= 0.6 is 0 Å². The topological polar surface area (TPSA) is 0 Å². The van der Waals surface area contributed by atoms with Crippen molar-refractivity contribution in [3.8, 4) is 11.1 Å². The normalized spacial score (nSPS) is 12.7. The fourth-order valence-corrected chi connectivity index (χ4v) is 6.39. The minimum Gasteiger partial charge on any atom is -1.00 e. The first kappa shape index (κ1) is 39.7. The average molecular weight is 727 g/mol. The molecule has 0 aromatic heterocycles. The van der Waals surface area contributed by atoms with E-state index in [1.165, 1.54) is 44.5 Å². The Hall–Kier alpha value is -2.44. The van der Waals surface area contributed by atoms with Gasteiger partial charge in [-0.05, 0) is 28.4 Å². The predicted octanol–water partition coefficient (Wildman–Crippen LogP) is 5.38. The first-order valence-electron chi connectivity index (χ1n) is 15.9. The molecule has 0 heterocycles. The van der Waals surface area contributed by atoms with Gasteiger partial charge >= 0.3 is 125 Å². The molecule has 0 radical (unpaired) electrons. The second kappa shape index (κ2) is 17.6. The maximum Gasteiger partial charge on any atom is -0.172 e. The van der Waals surface area contributed by atoms with Crippen LogP contribution in [0.15, 0.2) is 121 Å². The van der Waals surface area contributed by atoms with Crippen molar-refractivity contribution in [3.05, 3.63) is 161 Å². The van der Waals surface area contributed by atoms with Crippen molar-refractivity contribution in [1.82, 2.24) is 0 Å². The van der Waals surface area contributed by atoms with Gasteiger partial charge in [0.15, 0.2) is 0 Å². The van der Waals surface area contributed by atoms with Gasteiger partial charge in [0.2, 0.25) is 0 Å². The third-order valence-electron chi connectivity index (χ3n) is 8.55. The first-order chi connectivity index (χ1) is 20.9. The van der Waals surface area contributed by atoms with E-state index < -0.39 is 0 Å². The molecule has 46 heavy (non-hydrogen) atoms. The zero-order valence-corrected chi connectivity index (χ0v) is 32.6. The summed E-state index contributed by atoms with van der Waals surface area (Å²) in [6, 6.07) is 46.8. The average Bonchev–Trinajstić information content (AvgIpc) is 3.72. The minimum absolute atomic E-state index is 0. The Kier molecular flexibility index (Phi) is 15.2. The van der Waals surface area contributed by atoms with E-state index in [4.69, 9.17) is 0 Å². The molecule has 0 saturated heterocycles. The molecule has 3 heteroatoms. The van der Waals surface area contributed by atoms with Gasteiger partial charge in [-0.15, -0.1) is 11.1 Å². The Morgan fingerprint density at radius 3 is 1.59 bits per heavy atom. The zero-order valence-electron chi connectivity index (χ0n) is 28.7. The predicted molar refractivity (Wildman–Crippen MR) is 188 cm³/mol. The molecule has 0 saturated carbocycles. The Morgan fingerprint density at radius 1 is 0.652 bits per heavy atom. The molecule has 240 valence electrons. The number of rotatable bonds is 4. The Bertz CT molecular complexity index is 1500. The SMILES string of the molecule is CC(C)(C)c1[c-]c2c(cc1)-c1ccc(C(C)(C)C)cc1C2.CC([C](=[Zr+2])C(C)c1ccccc1)c1ccccc1.[Cl-].[Cl-].c1cc[cH-]c1. The van der Waals surface area contributed by atoms with Gasteiger partial charge in [0, 0.05) is 0 Å². The summed E-state index contributed by atoms with van der Waals surface area (Å²) < 4.78 is 1.61. The standard InChI is InChI=1S/C21H25.C17H18.C5H5.2ClH.Zr/c1-20(2,3)16-7-9-18-14(12-16)11-15-13-17(21(4,5)6)8-10-19(15)18;1-14(16-9-5-3-6-10-16)13-15(2)17-11-7-4-8-12-17;1-2-4-5-3-1;;;/h7-10,12H,11H2,1-6H3;3-12,14-15H,1-2H3;1-5H;2*1H;/q-1;;-1;;;+2/p-2. The van der Waals surface area contributed by atoms with Crippen LogP contribution in [0.3, 0.4) is 0 Å². The molecule has 0 spiro atoms. The van der Waals surface area contributed by atoms with Gasteiger partial charge in [-0.2, -0.15) is 42.0 Å². The van der Waals surface area contributed by atoms with Crippen molar-refractivity contribution in [1.29, 1.82) is 0 Å². The molecule has 2 atom stereocenters. The van der Waals surface area contributed by atoms with Crippen molar-refractivity contribution >= 4 is 3.21 Å². The minimum atomic E-state index is 0. The van der Waals surface area contributed by atoms with E-state index in [1.54, 1.807) is 27.4 Å². The summed E-state index contributed by atoms with van der Waals surface area (Å²) in [5.74, 6) is 1.08. The number of halogens is 2. The molecule has 5 aromatic rings. The first-order valence-corrected chi connectivity index (χ1v) is 17.1. The molecule has 0 nitrogen and oxygen atoms in total. The Labute approximate surface area is 306 Å². The summed E-state index contributed by atoms with van der Waals surface area (Å²) in [5.41, 5.74) is 11.6. The number of fused-ring (bicyclic) bond motifs is 3. The molecule has 6 rings (SSSR count). The van der Waals surface area contributed by atoms with Crippen LogP contribution in [0.4, 0.5) is 0 Å². The third-order valence-corrected chi connectivity index (χ3v) is 10.7. The summed E-state index contributed by atoms with van der Waals surface area (Å²) >= 11 is 1.54. The molecule has 0 N–H and O–H groups in total. The van der Waals surface area contributed by atoms with E-state index in [9.17, 15) is 0 Å². The van der Waals surface area contributed by atoms with Gasteiger partial charge in [-0.25, -0.2) is 12.1 Å². The Morgan fingerprint density at radius 2 is 1.15 bits per heavy atom. The van der Waals surface area contributed by atoms with E-state index in [0.29, 0.717) is 11.8 Å². The maximum absolute atomic E-state index is 3.67. The molecular weight excluding hydrogens is 679 g/mol. The summed E-state index contributed by atoms with van der Waals surface area (Å²) in [4.78, 5) is 0. The van der Waals surface area contributed by atoms with Gasteiger partial charge in [0.05, 0.1) is 0 Å². The smallest absolute Gasteiger partial charge is 0.172 e. The van der Waals surface area contributed by atoms with Crippen LogP contribution in [-0.2, 0) is 41.5 Å². The molecule has 5 aromatic carbocycles. The van der Waals surface area contributed by atoms with Crippen LogP contribution in [0.2, 0.25) is 0 Å². The summed E-state index contributed by atoms with van der Waals surface area (Å²) in [7, 11) is 0. The van der Waals surface area contributed by atoms with E-state index in [-0.39, 0.29) is 35.6 Å². The van der Waals surface area contributed by atoms with Crippen LogP contribution < -0.4 is 24.8 Å². The number of hydrogen-bond acceptors (Lipinski definition) is 0. The number of hydrogen-bond donors (Lipinski definition) is 0.